The summed E-state index contributed by atoms with van der Waals surface area (Å²) in [6.45, 7) is 6.00. The van der Waals surface area contributed by atoms with Crippen LogP contribution < -0.4 is 10.2 Å². The summed E-state index contributed by atoms with van der Waals surface area (Å²) in [5.41, 5.74) is 3.35. The number of carbonyl (C=O) groups excluding carboxylic acids is 2. The van der Waals surface area contributed by atoms with E-state index in [0.717, 1.165) is 22.4 Å². The van der Waals surface area contributed by atoms with Crippen LogP contribution in [-0.4, -0.2) is 83.9 Å². The number of fused-ring (bicyclic) bond motifs is 1. The van der Waals surface area contributed by atoms with Gasteiger partial charge in [-0.15, -0.1) is 11.3 Å². The van der Waals surface area contributed by atoms with Gasteiger partial charge in [-0.3, -0.25) is 4.79 Å². The highest BCUT2D eigenvalue weighted by molar-refractivity contribution is 7.12. The van der Waals surface area contributed by atoms with Crippen molar-refractivity contribution in [3.63, 3.8) is 0 Å². The molecule has 0 bridgehead atoms. The van der Waals surface area contributed by atoms with Crippen LogP contribution in [0.5, 0.6) is 0 Å². The van der Waals surface area contributed by atoms with E-state index in [2.05, 4.69) is 25.2 Å². The second kappa shape index (κ2) is 8.75. The standard InChI is InChI=1S/C21H24N6O4S/c1-2-22-19(28)20-25-16(12-32-20)15-9-14-17(3-4-23-18(14)24-15)26-5-7-27(8-6-26)21(29)31-13-10-30-11-13/h3-4,9,12-13H,2,5-8,10-11H2,1H3,(H,22,28)(H,23,24). The van der Waals surface area contributed by atoms with Crippen molar-refractivity contribution in [1.82, 2.24) is 25.2 Å². The molecule has 2 saturated heterocycles. The lowest BCUT2D eigenvalue weighted by atomic mass is 10.2. The average molecular weight is 457 g/mol. The molecule has 0 aliphatic carbocycles. The van der Waals surface area contributed by atoms with Crippen molar-refractivity contribution in [3.8, 4) is 11.4 Å². The highest BCUT2D eigenvalue weighted by atomic mass is 32.1. The maximum Gasteiger partial charge on any atom is 0.410 e. The lowest BCUT2D eigenvalue weighted by Gasteiger charge is -2.37. The predicted molar refractivity (Wildman–Crippen MR) is 120 cm³/mol. The molecule has 3 aromatic rings. The first-order valence-electron chi connectivity index (χ1n) is 10.6. The summed E-state index contributed by atoms with van der Waals surface area (Å²) in [4.78, 5) is 40.6. The molecule has 2 amide bonds. The van der Waals surface area contributed by atoms with E-state index >= 15 is 0 Å². The SMILES string of the molecule is CCNC(=O)c1nc(-c2cc3c(N4CCN(C(=O)OC5COC5)CC4)ccnc3[nH]2)cs1. The second-order valence-corrected chi connectivity index (χ2v) is 8.55. The Balaban J connectivity index is 1.31. The molecule has 2 N–H and O–H groups in total. The fourth-order valence-electron chi connectivity index (χ4n) is 3.79. The molecule has 2 fully saturated rings. The maximum atomic E-state index is 12.3. The van der Waals surface area contributed by atoms with Gasteiger partial charge < -0.3 is 29.6 Å². The van der Waals surface area contributed by atoms with Crippen LogP contribution >= 0.6 is 11.3 Å². The van der Waals surface area contributed by atoms with Gasteiger partial charge in [0.05, 0.1) is 24.6 Å². The van der Waals surface area contributed by atoms with E-state index in [0.29, 0.717) is 56.6 Å². The zero-order valence-corrected chi connectivity index (χ0v) is 18.5. The molecule has 0 atom stereocenters. The quantitative estimate of drug-likeness (QED) is 0.604. The van der Waals surface area contributed by atoms with Crippen LogP contribution in [0.1, 0.15) is 16.7 Å². The average Bonchev–Trinajstić information content (AvgIpc) is 3.43. The molecule has 168 valence electrons. The van der Waals surface area contributed by atoms with E-state index in [9.17, 15) is 9.59 Å². The summed E-state index contributed by atoms with van der Waals surface area (Å²) in [5.74, 6) is -0.167. The van der Waals surface area contributed by atoms with Crippen molar-refractivity contribution in [3.05, 3.63) is 28.7 Å². The van der Waals surface area contributed by atoms with E-state index in [-0.39, 0.29) is 18.1 Å². The van der Waals surface area contributed by atoms with E-state index in [1.807, 2.05) is 24.4 Å². The van der Waals surface area contributed by atoms with Crippen LogP contribution in [0.4, 0.5) is 10.5 Å². The fourth-order valence-corrected chi connectivity index (χ4v) is 4.53. The predicted octanol–water partition coefficient (Wildman–Crippen LogP) is 2.09. The zero-order valence-electron chi connectivity index (χ0n) is 17.7. The van der Waals surface area contributed by atoms with Crippen molar-refractivity contribution in [2.24, 2.45) is 0 Å². The molecule has 0 spiro atoms. The Morgan fingerprint density at radius 3 is 2.84 bits per heavy atom. The van der Waals surface area contributed by atoms with E-state index in [4.69, 9.17) is 9.47 Å². The van der Waals surface area contributed by atoms with Gasteiger partial charge in [0.2, 0.25) is 0 Å². The van der Waals surface area contributed by atoms with Gasteiger partial charge in [0, 0.05) is 55.4 Å². The number of aromatic nitrogens is 3. The summed E-state index contributed by atoms with van der Waals surface area (Å²) in [5, 5.41) is 6.06. The number of hydrogen-bond acceptors (Lipinski definition) is 8. The minimum absolute atomic E-state index is 0.113. The van der Waals surface area contributed by atoms with Gasteiger partial charge in [-0.1, -0.05) is 0 Å². The Morgan fingerprint density at radius 2 is 2.12 bits per heavy atom. The van der Waals surface area contributed by atoms with Crippen molar-refractivity contribution in [2.45, 2.75) is 13.0 Å². The largest absolute Gasteiger partial charge is 0.441 e. The number of piperazine rings is 1. The third-order valence-electron chi connectivity index (χ3n) is 5.57. The number of nitrogens with zero attached hydrogens (tertiary/aromatic N) is 4. The minimum atomic E-state index is -0.270. The van der Waals surface area contributed by atoms with E-state index in [1.54, 1.807) is 11.1 Å². The third kappa shape index (κ3) is 4.00. The van der Waals surface area contributed by atoms with Crippen molar-refractivity contribution in [2.75, 3.05) is 50.8 Å². The van der Waals surface area contributed by atoms with Gasteiger partial charge in [-0.2, -0.15) is 0 Å². The van der Waals surface area contributed by atoms with E-state index in [1.165, 1.54) is 11.3 Å². The summed E-state index contributed by atoms with van der Waals surface area (Å²) in [7, 11) is 0. The number of nitrogens with one attached hydrogen (secondary N) is 2. The molecule has 5 heterocycles. The molecule has 0 radical (unpaired) electrons. The molecule has 0 aromatic carbocycles. The Morgan fingerprint density at radius 1 is 1.31 bits per heavy atom. The van der Waals surface area contributed by atoms with E-state index < -0.39 is 0 Å². The number of pyridine rings is 1. The second-order valence-electron chi connectivity index (χ2n) is 7.69. The molecule has 2 aliphatic rings. The van der Waals surface area contributed by atoms with Crippen LogP contribution in [0.2, 0.25) is 0 Å². The normalized spacial score (nSPS) is 16.8. The van der Waals surface area contributed by atoms with Crippen molar-refractivity contribution in [1.29, 1.82) is 0 Å². The number of rotatable bonds is 5. The number of thiazole rings is 1. The van der Waals surface area contributed by atoms with Gasteiger partial charge in [-0.25, -0.2) is 14.8 Å². The van der Waals surface area contributed by atoms with Gasteiger partial charge >= 0.3 is 6.09 Å². The molecule has 32 heavy (non-hydrogen) atoms. The highest BCUT2D eigenvalue weighted by Gasteiger charge is 2.28. The topological polar surface area (TPSA) is 113 Å². The lowest BCUT2D eigenvalue weighted by Crippen LogP contribution is -2.51. The first-order chi connectivity index (χ1) is 15.6. The first-order valence-corrected chi connectivity index (χ1v) is 11.5. The van der Waals surface area contributed by atoms with Gasteiger partial charge in [0.1, 0.15) is 5.65 Å². The van der Waals surface area contributed by atoms with Crippen LogP contribution in [0.25, 0.3) is 22.4 Å². The number of anilines is 1. The maximum absolute atomic E-state index is 12.3. The monoisotopic (exact) mass is 456 g/mol. The van der Waals surface area contributed by atoms with Gasteiger partial charge in [0.25, 0.3) is 5.91 Å². The number of aromatic amines is 1. The number of hydrogen-bond donors (Lipinski definition) is 2. The Bertz CT molecular complexity index is 1130. The summed E-state index contributed by atoms with van der Waals surface area (Å²) < 4.78 is 10.5. The molecular formula is C21H24N6O4S. The summed E-state index contributed by atoms with van der Waals surface area (Å²) in [6, 6.07) is 4.01. The fraction of sp³-hybridized carbons (Fsp3) is 0.429. The summed E-state index contributed by atoms with van der Waals surface area (Å²) >= 11 is 1.32. The van der Waals surface area contributed by atoms with Crippen LogP contribution in [0.15, 0.2) is 23.7 Å². The number of H-pyrrole nitrogens is 1. The Labute approximate surface area is 188 Å². The first kappa shape index (κ1) is 20.7. The van der Waals surface area contributed by atoms with Gasteiger partial charge in [-0.05, 0) is 19.1 Å². The van der Waals surface area contributed by atoms with Crippen LogP contribution in [0.3, 0.4) is 0 Å². The zero-order chi connectivity index (χ0) is 22.1. The number of carbonyl (C=O) groups is 2. The number of amides is 2. The van der Waals surface area contributed by atoms with Crippen molar-refractivity contribution < 1.29 is 19.1 Å². The summed E-state index contributed by atoms with van der Waals surface area (Å²) in [6.07, 6.45) is 1.39. The number of ether oxygens (including phenoxy) is 2. The Hall–Kier alpha value is -3.18. The third-order valence-corrected chi connectivity index (χ3v) is 6.42. The van der Waals surface area contributed by atoms with Crippen LogP contribution in [-0.2, 0) is 9.47 Å². The minimum Gasteiger partial charge on any atom is -0.441 e. The molecule has 3 aromatic heterocycles. The molecule has 10 nitrogen and oxygen atoms in total. The highest BCUT2D eigenvalue weighted by Crippen LogP contribution is 2.31. The van der Waals surface area contributed by atoms with Crippen LogP contribution in [0, 0.1) is 0 Å². The molecule has 2 aliphatic heterocycles. The smallest absolute Gasteiger partial charge is 0.410 e. The molecule has 11 heteroatoms. The molecule has 0 unspecified atom stereocenters. The molecule has 0 saturated carbocycles. The molecule has 5 rings (SSSR count). The van der Waals surface area contributed by atoms with Gasteiger partial charge in [0.15, 0.2) is 11.1 Å². The lowest BCUT2D eigenvalue weighted by molar-refractivity contribution is -0.104. The molecular weight excluding hydrogens is 432 g/mol. The Kier molecular flexibility index (Phi) is 5.66. The van der Waals surface area contributed by atoms with Crippen molar-refractivity contribution >= 4 is 40.1 Å².